The summed E-state index contributed by atoms with van der Waals surface area (Å²) in [6, 6.07) is 9.53. The lowest BCUT2D eigenvalue weighted by atomic mass is 9.91. The predicted molar refractivity (Wildman–Crippen MR) is 116 cm³/mol. The number of anilines is 4. The monoisotopic (exact) mass is 454 g/mol. The first-order valence-corrected chi connectivity index (χ1v) is 11.6. The molecule has 152 valence electrons. The molecule has 0 aliphatic rings. The zero-order valence-corrected chi connectivity index (χ0v) is 17.0. The van der Waals surface area contributed by atoms with Crippen molar-refractivity contribution in [3.05, 3.63) is 36.4 Å². The summed E-state index contributed by atoms with van der Waals surface area (Å²) in [7, 11) is -8.98. The molecule has 0 radical (unpaired) electrons. The molecular formula is C16H14N4O6S3. The van der Waals surface area contributed by atoms with E-state index in [1.165, 1.54) is 12.1 Å². The summed E-state index contributed by atoms with van der Waals surface area (Å²) in [5.41, 5.74) is 7.04. The molecule has 4 aromatic rings. The fourth-order valence-electron chi connectivity index (χ4n) is 3.59. The van der Waals surface area contributed by atoms with Gasteiger partial charge in [0.15, 0.2) is 0 Å². The molecule has 0 atom stereocenters. The lowest BCUT2D eigenvalue weighted by Gasteiger charge is -2.18. The molecule has 4 aromatic carbocycles. The third kappa shape index (κ3) is 3.32. The van der Waals surface area contributed by atoms with Gasteiger partial charge in [-0.25, -0.2) is 25.3 Å². The Kier molecular flexibility index (Phi) is 4.72. The number of thiol groups is 3. The molecule has 0 fully saturated rings. The molecule has 0 unspecified atom stereocenters. The summed E-state index contributed by atoms with van der Waals surface area (Å²) in [5, 5.41) is 3.28. The van der Waals surface area contributed by atoms with Crippen LogP contribution in [0.25, 0.3) is 32.3 Å². The number of rotatable bonds is 6. The highest BCUT2D eigenvalue weighted by atomic mass is 32.2. The molecular weight excluding hydrogens is 440 g/mol. The minimum Gasteiger partial charge on any atom is -0.398 e. The van der Waals surface area contributed by atoms with E-state index in [1.54, 1.807) is 24.3 Å². The highest BCUT2D eigenvalue weighted by Crippen LogP contribution is 2.45. The molecule has 0 aliphatic carbocycles. The molecule has 0 bridgehead atoms. The van der Waals surface area contributed by atoms with Crippen molar-refractivity contribution < 1.29 is 25.3 Å². The maximum Gasteiger partial charge on any atom is 0.222 e. The Morgan fingerprint density at radius 3 is 1.31 bits per heavy atom. The topological polar surface area (TPSA) is 165 Å². The molecule has 13 heteroatoms. The zero-order valence-electron chi connectivity index (χ0n) is 14.3. The van der Waals surface area contributed by atoms with Gasteiger partial charge in [0.2, 0.25) is 32.7 Å². The number of nitrogens with two attached hydrogens (primary N) is 1. The Labute approximate surface area is 169 Å². The highest BCUT2D eigenvalue weighted by Gasteiger charge is 2.18. The molecule has 0 aliphatic heterocycles. The molecule has 0 heterocycles. The summed E-state index contributed by atoms with van der Waals surface area (Å²) in [6.07, 6.45) is 0. The van der Waals surface area contributed by atoms with E-state index < -0.39 is 32.7 Å². The normalized spacial score (nSPS) is 12.0. The van der Waals surface area contributed by atoms with Crippen molar-refractivity contribution in [3.8, 4) is 0 Å². The fourth-order valence-corrected chi connectivity index (χ4v) is 4.74. The van der Waals surface area contributed by atoms with E-state index >= 15 is 0 Å². The summed E-state index contributed by atoms with van der Waals surface area (Å²) >= 11 is 0. The predicted octanol–water partition coefficient (Wildman–Crippen LogP) is 0.981. The van der Waals surface area contributed by atoms with Crippen LogP contribution in [-0.2, 0) is 32.7 Å². The van der Waals surface area contributed by atoms with Crippen LogP contribution in [0.1, 0.15) is 0 Å². The molecule has 10 nitrogen and oxygen atoms in total. The second kappa shape index (κ2) is 7.09. The van der Waals surface area contributed by atoms with Crippen molar-refractivity contribution in [2.24, 2.45) is 0 Å². The lowest BCUT2D eigenvalue weighted by Crippen LogP contribution is -2.03. The minimum atomic E-state index is -3.01. The van der Waals surface area contributed by atoms with Gasteiger partial charge in [-0.2, -0.15) is 0 Å². The van der Waals surface area contributed by atoms with Crippen LogP contribution in [0.3, 0.4) is 0 Å². The summed E-state index contributed by atoms with van der Waals surface area (Å²) in [5.74, 6) is 0. The van der Waals surface area contributed by atoms with Gasteiger partial charge in [-0.1, -0.05) is 24.3 Å². The van der Waals surface area contributed by atoms with Crippen LogP contribution in [0.5, 0.6) is 0 Å². The van der Waals surface area contributed by atoms with Crippen LogP contribution in [0.15, 0.2) is 36.4 Å². The Balaban J connectivity index is 2.24. The third-order valence-electron chi connectivity index (χ3n) is 4.57. The van der Waals surface area contributed by atoms with Gasteiger partial charge in [0, 0.05) is 38.0 Å². The zero-order chi connectivity index (χ0) is 20.9. The van der Waals surface area contributed by atoms with Crippen LogP contribution >= 0.6 is 0 Å². The molecule has 0 saturated carbocycles. The van der Waals surface area contributed by atoms with Crippen molar-refractivity contribution in [2.45, 2.75) is 0 Å². The molecule has 0 saturated heterocycles. The van der Waals surface area contributed by atoms with Crippen molar-refractivity contribution in [1.29, 1.82) is 0 Å². The van der Waals surface area contributed by atoms with Crippen molar-refractivity contribution in [1.82, 2.24) is 0 Å². The van der Waals surface area contributed by atoms with Crippen molar-refractivity contribution in [3.63, 3.8) is 0 Å². The number of nitrogen functional groups attached to an aromatic ring is 1. The highest BCUT2D eigenvalue weighted by molar-refractivity contribution is 7.74. The maximum atomic E-state index is 11.3. The number of hydrogen-bond acceptors (Lipinski definition) is 7. The smallest absolute Gasteiger partial charge is 0.222 e. The van der Waals surface area contributed by atoms with Crippen molar-refractivity contribution in [2.75, 3.05) is 19.9 Å². The average Bonchev–Trinajstić information content (AvgIpc) is 2.62. The van der Waals surface area contributed by atoms with E-state index in [0.717, 1.165) is 0 Å². The molecule has 0 aromatic heterocycles. The van der Waals surface area contributed by atoms with E-state index in [0.29, 0.717) is 38.0 Å². The Bertz CT molecular complexity index is 1460. The Hall–Kier alpha value is -3.03. The first kappa shape index (κ1) is 19.3. The fraction of sp³-hybridized carbons (Fsp3) is 0. The second-order valence-electron chi connectivity index (χ2n) is 6.16. The van der Waals surface area contributed by atoms with E-state index in [4.69, 9.17) is 5.73 Å². The summed E-state index contributed by atoms with van der Waals surface area (Å²) in [6.45, 7) is 0. The maximum absolute atomic E-state index is 11.3. The van der Waals surface area contributed by atoms with Gasteiger partial charge < -0.3 is 5.73 Å². The summed E-state index contributed by atoms with van der Waals surface area (Å²) < 4.78 is 74.5. The van der Waals surface area contributed by atoms with Gasteiger partial charge in [0.1, 0.15) is 0 Å². The largest absolute Gasteiger partial charge is 0.398 e. The molecule has 0 spiro atoms. The minimum absolute atomic E-state index is 0.175. The SMILES string of the molecule is Nc1cc(N[SH](=O)=O)c2ccc3c(N[SH](=O)=O)cc(N[SH](=O)=O)c4ccc1c2c43. The standard InChI is InChI=1S/C16H14N4O6S3/c17-11-5-12(18-27(21)22)8-3-4-10-14(20-29(25)26)6-13(19-28(23)24)9-2-1-7(11)15(8)16(9)10/h1-6,27-29H,17H2,(H,18,21,22)(H,19,23,24)(H,20,25,26). The van der Waals surface area contributed by atoms with E-state index in [2.05, 4.69) is 14.2 Å². The van der Waals surface area contributed by atoms with Crippen LogP contribution in [0, 0.1) is 0 Å². The quantitative estimate of drug-likeness (QED) is 0.130. The molecule has 29 heavy (non-hydrogen) atoms. The van der Waals surface area contributed by atoms with Gasteiger partial charge >= 0.3 is 0 Å². The van der Waals surface area contributed by atoms with Crippen molar-refractivity contribution >= 4 is 87.7 Å². The van der Waals surface area contributed by atoms with Crippen LogP contribution in [0.4, 0.5) is 22.7 Å². The van der Waals surface area contributed by atoms with E-state index in [-0.39, 0.29) is 17.1 Å². The van der Waals surface area contributed by atoms with Gasteiger partial charge in [-0.15, -0.1) is 0 Å². The Morgan fingerprint density at radius 1 is 0.552 bits per heavy atom. The van der Waals surface area contributed by atoms with Crippen LogP contribution in [-0.4, -0.2) is 25.3 Å². The van der Waals surface area contributed by atoms with Crippen LogP contribution in [0.2, 0.25) is 0 Å². The van der Waals surface area contributed by atoms with Gasteiger partial charge in [-0.3, -0.25) is 14.2 Å². The summed E-state index contributed by atoms with van der Waals surface area (Å²) in [4.78, 5) is 0. The first-order valence-electron chi connectivity index (χ1n) is 8.03. The molecule has 5 N–H and O–H groups in total. The van der Waals surface area contributed by atoms with Gasteiger partial charge in [0.05, 0.1) is 17.1 Å². The van der Waals surface area contributed by atoms with Gasteiger partial charge in [0.25, 0.3) is 0 Å². The van der Waals surface area contributed by atoms with E-state index in [1.807, 2.05) is 0 Å². The number of benzene rings is 4. The number of hydrogen-bond donors (Lipinski definition) is 7. The molecule has 4 rings (SSSR count). The van der Waals surface area contributed by atoms with Gasteiger partial charge in [-0.05, 0) is 12.1 Å². The lowest BCUT2D eigenvalue weighted by molar-refractivity contribution is 0.617. The average molecular weight is 455 g/mol. The Morgan fingerprint density at radius 2 is 0.897 bits per heavy atom. The van der Waals surface area contributed by atoms with Crippen LogP contribution < -0.4 is 19.9 Å². The first-order chi connectivity index (χ1) is 13.8. The number of nitrogens with one attached hydrogen (secondary N) is 3. The molecule has 0 amide bonds. The van der Waals surface area contributed by atoms with E-state index in [9.17, 15) is 25.3 Å². The second-order valence-corrected chi connectivity index (χ2v) is 8.38. The third-order valence-corrected chi connectivity index (χ3v) is 5.84.